The third-order valence-corrected chi connectivity index (χ3v) is 1.79. The van der Waals surface area contributed by atoms with Crippen LogP contribution >= 0.6 is 0 Å². The highest BCUT2D eigenvalue weighted by Gasteiger charge is 2.03. The Morgan fingerprint density at radius 3 is 2.50 bits per heavy atom. The minimum atomic E-state index is 0.453. The van der Waals surface area contributed by atoms with Crippen LogP contribution in [0.15, 0.2) is 5.18 Å². The summed E-state index contributed by atoms with van der Waals surface area (Å²) < 4.78 is 0. The fraction of sp³-hybridized carbons (Fsp3) is 1.00. The maximum absolute atomic E-state index is 9.83. The number of nitroso groups, excluding NO2 is 1. The fourth-order valence-electron chi connectivity index (χ4n) is 1.25. The molecule has 0 heterocycles. The van der Waals surface area contributed by atoms with E-state index in [-0.39, 0.29) is 0 Å². The minimum absolute atomic E-state index is 0.453. The molecule has 12 heavy (non-hydrogen) atoms. The zero-order chi connectivity index (χ0) is 9.40. The predicted molar refractivity (Wildman–Crippen MR) is 52.2 cm³/mol. The highest BCUT2D eigenvalue weighted by Crippen LogP contribution is 1.99. The largest absolute Gasteiger partial charge is 0.303 e. The summed E-state index contributed by atoms with van der Waals surface area (Å²) in [6, 6.07) is 0. The molecule has 0 aromatic carbocycles. The smallest absolute Gasteiger partial charge is 0.0823 e. The van der Waals surface area contributed by atoms with Gasteiger partial charge in [0.1, 0.15) is 0 Å². The molecule has 0 rings (SSSR count). The molecule has 0 aliphatic carbocycles. The van der Waals surface area contributed by atoms with E-state index in [0.717, 1.165) is 26.1 Å². The van der Waals surface area contributed by atoms with Crippen LogP contribution in [-0.4, -0.2) is 31.1 Å². The molecule has 0 saturated carbocycles. The normalized spacial score (nSPS) is 11.1. The molecule has 0 aromatic heterocycles. The second-order valence-electron chi connectivity index (χ2n) is 3.49. The van der Waals surface area contributed by atoms with Crippen molar-refractivity contribution in [2.45, 2.75) is 27.2 Å². The molecular weight excluding hydrogens is 152 g/mol. The maximum Gasteiger partial charge on any atom is 0.0823 e. The van der Waals surface area contributed by atoms with Crippen molar-refractivity contribution in [1.82, 2.24) is 4.90 Å². The molecule has 0 unspecified atom stereocenters. The van der Waals surface area contributed by atoms with Gasteiger partial charge in [-0.25, -0.2) is 0 Å². The Balaban J connectivity index is 3.45. The monoisotopic (exact) mass is 172 g/mol. The van der Waals surface area contributed by atoms with Gasteiger partial charge in [-0.15, -0.1) is 0 Å². The van der Waals surface area contributed by atoms with Crippen LogP contribution in [0.1, 0.15) is 27.2 Å². The third kappa shape index (κ3) is 6.28. The van der Waals surface area contributed by atoms with Gasteiger partial charge in [-0.1, -0.05) is 25.9 Å². The van der Waals surface area contributed by atoms with E-state index in [1.54, 1.807) is 0 Å². The molecule has 3 heteroatoms. The summed E-state index contributed by atoms with van der Waals surface area (Å²) in [4.78, 5) is 12.2. The minimum Gasteiger partial charge on any atom is -0.303 e. The highest BCUT2D eigenvalue weighted by molar-refractivity contribution is 4.58. The summed E-state index contributed by atoms with van der Waals surface area (Å²) in [5.41, 5.74) is 0. The van der Waals surface area contributed by atoms with Crippen LogP contribution in [0.5, 0.6) is 0 Å². The van der Waals surface area contributed by atoms with E-state index >= 15 is 0 Å². The van der Waals surface area contributed by atoms with Gasteiger partial charge in [-0.2, -0.15) is 4.91 Å². The van der Waals surface area contributed by atoms with E-state index in [1.807, 2.05) is 0 Å². The molecule has 0 atom stereocenters. The van der Waals surface area contributed by atoms with Gasteiger partial charge in [-0.3, -0.25) is 0 Å². The molecule has 0 N–H and O–H groups in total. The van der Waals surface area contributed by atoms with Gasteiger partial charge in [0, 0.05) is 13.1 Å². The first-order valence-electron chi connectivity index (χ1n) is 4.72. The first kappa shape index (κ1) is 11.6. The summed E-state index contributed by atoms with van der Waals surface area (Å²) in [6.07, 6.45) is 0.893. The van der Waals surface area contributed by atoms with Gasteiger partial charge in [0.15, 0.2) is 0 Å². The first-order chi connectivity index (χ1) is 5.70. The quantitative estimate of drug-likeness (QED) is 0.435. The van der Waals surface area contributed by atoms with Crippen LogP contribution in [0.2, 0.25) is 0 Å². The average Bonchev–Trinajstić information content (AvgIpc) is 2.02. The highest BCUT2D eigenvalue weighted by atomic mass is 16.3. The molecule has 0 fully saturated rings. The maximum atomic E-state index is 9.83. The standard InChI is InChI=1S/C9H20N2O/c1-4-11(8-9(2)3)7-5-6-10-12/h9H,4-8H2,1-3H3. The molecule has 0 radical (unpaired) electrons. The average molecular weight is 172 g/mol. The van der Waals surface area contributed by atoms with Gasteiger partial charge in [0.25, 0.3) is 0 Å². The molecule has 0 aliphatic heterocycles. The van der Waals surface area contributed by atoms with Gasteiger partial charge in [0.05, 0.1) is 6.54 Å². The number of rotatable bonds is 7. The Kier molecular flexibility index (Phi) is 6.96. The van der Waals surface area contributed by atoms with Gasteiger partial charge in [0.2, 0.25) is 0 Å². The fourth-order valence-corrected chi connectivity index (χ4v) is 1.25. The van der Waals surface area contributed by atoms with E-state index in [9.17, 15) is 4.91 Å². The number of hydrogen-bond donors (Lipinski definition) is 0. The first-order valence-corrected chi connectivity index (χ1v) is 4.72. The van der Waals surface area contributed by atoms with Crippen LogP contribution in [0.3, 0.4) is 0 Å². The van der Waals surface area contributed by atoms with Crippen molar-refractivity contribution in [3.63, 3.8) is 0 Å². The summed E-state index contributed by atoms with van der Waals surface area (Å²) >= 11 is 0. The van der Waals surface area contributed by atoms with E-state index in [1.165, 1.54) is 0 Å². The van der Waals surface area contributed by atoms with Crippen LogP contribution in [0.4, 0.5) is 0 Å². The van der Waals surface area contributed by atoms with Crippen LogP contribution in [0, 0.1) is 10.8 Å². The van der Waals surface area contributed by atoms with E-state index < -0.39 is 0 Å². The Bertz CT molecular complexity index is 115. The van der Waals surface area contributed by atoms with Crippen molar-refractivity contribution >= 4 is 0 Å². The number of nitrogens with zero attached hydrogens (tertiary/aromatic N) is 2. The molecule has 0 bridgehead atoms. The van der Waals surface area contributed by atoms with Crippen LogP contribution < -0.4 is 0 Å². The lowest BCUT2D eigenvalue weighted by molar-refractivity contribution is 0.255. The zero-order valence-corrected chi connectivity index (χ0v) is 8.42. The van der Waals surface area contributed by atoms with Crippen molar-refractivity contribution in [1.29, 1.82) is 0 Å². The molecule has 3 nitrogen and oxygen atoms in total. The Hall–Kier alpha value is -0.440. The lowest BCUT2D eigenvalue weighted by Crippen LogP contribution is -2.28. The molecule has 0 aliphatic rings. The lowest BCUT2D eigenvalue weighted by Gasteiger charge is -2.21. The van der Waals surface area contributed by atoms with Crippen molar-refractivity contribution in [2.75, 3.05) is 26.2 Å². The molecular formula is C9H20N2O. The molecule has 0 amide bonds. The predicted octanol–water partition coefficient (Wildman–Crippen LogP) is 2.12. The second kappa shape index (κ2) is 7.22. The summed E-state index contributed by atoms with van der Waals surface area (Å²) in [6.45, 7) is 10.2. The summed E-state index contributed by atoms with van der Waals surface area (Å²) in [5.74, 6) is 0.703. The van der Waals surface area contributed by atoms with Crippen molar-refractivity contribution < 1.29 is 0 Å². The molecule has 72 valence electrons. The molecule has 0 spiro atoms. The Morgan fingerprint density at radius 1 is 1.42 bits per heavy atom. The van der Waals surface area contributed by atoms with Gasteiger partial charge >= 0.3 is 0 Å². The van der Waals surface area contributed by atoms with Crippen molar-refractivity contribution in [2.24, 2.45) is 11.1 Å². The third-order valence-electron chi connectivity index (χ3n) is 1.79. The summed E-state index contributed by atoms with van der Waals surface area (Å²) in [7, 11) is 0. The number of hydrogen-bond acceptors (Lipinski definition) is 3. The lowest BCUT2D eigenvalue weighted by atomic mass is 10.2. The van der Waals surface area contributed by atoms with Crippen molar-refractivity contribution in [3.8, 4) is 0 Å². The topological polar surface area (TPSA) is 32.7 Å². The Morgan fingerprint density at radius 2 is 2.08 bits per heavy atom. The van der Waals surface area contributed by atoms with Crippen LogP contribution in [0.25, 0.3) is 0 Å². The molecule has 0 aromatic rings. The molecule has 0 saturated heterocycles. The Labute approximate surface area is 75.1 Å². The van der Waals surface area contributed by atoms with Crippen molar-refractivity contribution in [3.05, 3.63) is 4.91 Å². The van der Waals surface area contributed by atoms with E-state index in [4.69, 9.17) is 0 Å². The van der Waals surface area contributed by atoms with Crippen LogP contribution in [-0.2, 0) is 0 Å². The van der Waals surface area contributed by atoms with Gasteiger partial charge < -0.3 is 4.90 Å². The summed E-state index contributed by atoms with van der Waals surface area (Å²) in [5, 5.41) is 2.84. The SMILES string of the molecule is CCN(CCCN=O)CC(C)C. The van der Waals surface area contributed by atoms with E-state index in [2.05, 4.69) is 30.8 Å². The van der Waals surface area contributed by atoms with Gasteiger partial charge in [-0.05, 0) is 18.9 Å². The van der Waals surface area contributed by atoms with E-state index in [0.29, 0.717) is 12.5 Å². The zero-order valence-electron chi connectivity index (χ0n) is 8.42. The second-order valence-corrected chi connectivity index (χ2v) is 3.49.